The smallest absolute Gasteiger partial charge is 0.303 e. The van der Waals surface area contributed by atoms with Crippen LogP contribution in [0.4, 0.5) is 0 Å². The zero-order chi connectivity index (χ0) is 20.6. The summed E-state index contributed by atoms with van der Waals surface area (Å²) in [5, 5.41) is 2.62. The van der Waals surface area contributed by atoms with Gasteiger partial charge in [0.15, 0.2) is 18.5 Å². The van der Waals surface area contributed by atoms with E-state index < -0.39 is 54.5 Å². The fraction of sp³-hybridized carbons (Fsp3) is 0.765. The van der Waals surface area contributed by atoms with Gasteiger partial charge >= 0.3 is 17.9 Å². The van der Waals surface area contributed by atoms with Crippen molar-refractivity contribution in [3.63, 3.8) is 0 Å². The Balaban J connectivity index is 3.22. The van der Waals surface area contributed by atoms with Crippen LogP contribution in [-0.4, -0.2) is 67.7 Å². The second-order valence-electron chi connectivity index (χ2n) is 6.09. The molecule has 2 unspecified atom stereocenters. The molecule has 1 fully saturated rings. The summed E-state index contributed by atoms with van der Waals surface area (Å²) in [5.74, 6) is -2.26. The van der Waals surface area contributed by atoms with E-state index in [4.69, 9.17) is 23.7 Å². The van der Waals surface area contributed by atoms with Crippen molar-refractivity contribution in [1.29, 1.82) is 0 Å². The average molecular weight is 389 g/mol. The third-order valence-electron chi connectivity index (χ3n) is 3.56. The predicted octanol–water partition coefficient (Wildman–Crippen LogP) is 0.0691. The largest absolute Gasteiger partial charge is 0.463 e. The first-order chi connectivity index (χ1) is 12.6. The zero-order valence-electron chi connectivity index (χ0n) is 16.2. The Morgan fingerprint density at radius 3 is 2.00 bits per heavy atom. The van der Waals surface area contributed by atoms with Crippen LogP contribution in [-0.2, 0) is 42.9 Å². The number of ether oxygens (including phenoxy) is 5. The molecule has 0 aromatic rings. The average Bonchev–Trinajstić information content (AvgIpc) is 2.54. The molecule has 1 saturated heterocycles. The molecule has 0 aliphatic carbocycles. The molecule has 0 saturated carbocycles. The van der Waals surface area contributed by atoms with Crippen LogP contribution in [0.5, 0.6) is 0 Å². The van der Waals surface area contributed by atoms with Gasteiger partial charge in [-0.3, -0.25) is 19.2 Å². The maximum Gasteiger partial charge on any atom is 0.303 e. The van der Waals surface area contributed by atoms with Gasteiger partial charge in [-0.25, -0.2) is 0 Å². The van der Waals surface area contributed by atoms with Gasteiger partial charge in [0, 0.05) is 34.3 Å². The van der Waals surface area contributed by atoms with Gasteiger partial charge in [-0.2, -0.15) is 0 Å². The lowest BCUT2D eigenvalue weighted by molar-refractivity contribution is -0.277. The van der Waals surface area contributed by atoms with Crippen molar-refractivity contribution in [1.82, 2.24) is 5.32 Å². The Bertz CT molecular complexity index is 551. The molecule has 1 heterocycles. The normalized spacial score (nSPS) is 27.4. The van der Waals surface area contributed by atoms with E-state index in [9.17, 15) is 19.2 Å². The minimum Gasteiger partial charge on any atom is -0.463 e. The van der Waals surface area contributed by atoms with Crippen LogP contribution in [0.25, 0.3) is 0 Å². The van der Waals surface area contributed by atoms with Gasteiger partial charge in [-0.1, -0.05) is 6.92 Å². The van der Waals surface area contributed by atoms with E-state index in [1.807, 2.05) is 6.92 Å². The number of esters is 3. The molecule has 0 spiro atoms. The maximum absolute atomic E-state index is 11.6. The van der Waals surface area contributed by atoms with Gasteiger partial charge in [-0.15, -0.1) is 0 Å². The molecular weight excluding hydrogens is 362 g/mol. The highest BCUT2D eigenvalue weighted by Gasteiger charge is 2.51. The summed E-state index contributed by atoms with van der Waals surface area (Å²) in [6.07, 6.45) is -3.47. The topological polar surface area (TPSA) is 126 Å². The van der Waals surface area contributed by atoms with Crippen LogP contribution in [0.2, 0.25) is 0 Å². The standard InChI is InChI=1S/C17H27NO9/c1-6-7-23-17-14(18-9(2)19)16(26-12(5)22)15(25-11(4)21)13(27-17)8-24-10(3)20/h13-17H,6-8H2,1-5H3,(H,18,19)/t13?,14-,15-,16?,17+/m0/s1. The Morgan fingerprint density at radius 2 is 1.52 bits per heavy atom. The van der Waals surface area contributed by atoms with E-state index in [1.54, 1.807) is 0 Å². The van der Waals surface area contributed by atoms with Crippen LogP contribution in [0.1, 0.15) is 41.0 Å². The highest BCUT2D eigenvalue weighted by atomic mass is 16.7. The number of rotatable bonds is 8. The second kappa shape index (κ2) is 10.8. The zero-order valence-corrected chi connectivity index (χ0v) is 16.2. The quantitative estimate of drug-likeness (QED) is 0.453. The van der Waals surface area contributed by atoms with E-state index in [2.05, 4.69) is 5.32 Å². The van der Waals surface area contributed by atoms with Gasteiger partial charge in [0.1, 0.15) is 18.8 Å². The second-order valence-corrected chi connectivity index (χ2v) is 6.09. The number of carbonyl (C=O) groups is 4. The third-order valence-corrected chi connectivity index (χ3v) is 3.56. The molecule has 0 aromatic heterocycles. The Kier molecular flexibility index (Phi) is 9.16. The number of hydrogen-bond donors (Lipinski definition) is 1. The molecule has 5 atom stereocenters. The summed E-state index contributed by atoms with van der Waals surface area (Å²) < 4.78 is 27.0. The number of hydrogen-bond acceptors (Lipinski definition) is 9. The van der Waals surface area contributed by atoms with Crippen molar-refractivity contribution in [2.75, 3.05) is 13.2 Å². The molecule has 10 heteroatoms. The lowest BCUT2D eigenvalue weighted by Crippen LogP contribution is -2.66. The van der Waals surface area contributed by atoms with Crippen molar-refractivity contribution < 1.29 is 42.9 Å². The lowest BCUT2D eigenvalue weighted by Gasteiger charge is -2.44. The van der Waals surface area contributed by atoms with Crippen LogP contribution < -0.4 is 5.32 Å². The Labute approximate surface area is 157 Å². The van der Waals surface area contributed by atoms with E-state index in [0.29, 0.717) is 13.0 Å². The van der Waals surface area contributed by atoms with Gasteiger partial charge < -0.3 is 29.0 Å². The fourth-order valence-corrected chi connectivity index (χ4v) is 2.67. The summed E-state index contributed by atoms with van der Waals surface area (Å²) >= 11 is 0. The maximum atomic E-state index is 11.6. The molecule has 1 aliphatic rings. The molecule has 10 nitrogen and oxygen atoms in total. The monoisotopic (exact) mass is 389 g/mol. The summed E-state index contributed by atoms with van der Waals surface area (Å²) in [4.78, 5) is 46.0. The first-order valence-corrected chi connectivity index (χ1v) is 8.67. The Morgan fingerprint density at radius 1 is 0.926 bits per heavy atom. The molecular formula is C17H27NO9. The first kappa shape index (κ1) is 22.8. The molecule has 0 bridgehead atoms. The number of nitrogens with one attached hydrogen (secondary N) is 1. The molecule has 1 amide bonds. The van der Waals surface area contributed by atoms with Crippen molar-refractivity contribution in [2.24, 2.45) is 0 Å². The number of carbonyl (C=O) groups excluding carboxylic acids is 4. The fourth-order valence-electron chi connectivity index (χ4n) is 2.67. The minimum atomic E-state index is -1.11. The minimum absolute atomic E-state index is 0.246. The summed E-state index contributed by atoms with van der Waals surface area (Å²) in [6.45, 7) is 6.83. The van der Waals surface area contributed by atoms with Gasteiger partial charge in [0.25, 0.3) is 0 Å². The van der Waals surface area contributed by atoms with Crippen molar-refractivity contribution in [3.8, 4) is 0 Å². The van der Waals surface area contributed by atoms with Crippen LogP contribution >= 0.6 is 0 Å². The summed E-state index contributed by atoms with van der Waals surface area (Å²) in [7, 11) is 0. The molecule has 0 aromatic carbocycles. The van der Waals surface area contributed by atoms with Crippen molar-refractivity contribution in [3.05, 3.63) is 0 Å². The molecule has 1 rings (SSSR count). The van der Waals surface area contributed by atoms with Gasteiger partial charge in [0.2, 0.25) is 5.91 Å². The van der Waals surface area contributed by atoms with Crippen molar-refractivity contribution >= 4 is 23.8 Å². The van der Waals surface area contributed by atoms with Crippen molar-refractivity contribution in [2.45, 2.75) is 71.7 Å². The van der Waals surface area contributed by atoms with E-state index in [-0.39, 0.29) is 6.61 Å². The molecule has 0 radical (unpaired) electrons. The van der Waals surface area contributed by atoms with Crippen LogP contribution in [0.3, 0.4) is 0 Å². The van der Waals surface area contributed by atoms with Gasteiger partial charge in [-0.05, 0) is 6.42 Å². The molecule has 1 N–H and O–H groups in total. The summed E-state index contributed by atoms with van der Waals surface area (Å²) in [6, 6.07) is -0.920. The molecule has 27 heavy (non-hydrogen) atoms. The van der Waals surface area contributed by atoms with Crippen LogP contribution in [0, 0.1) is 0 Å². The lowest BCUT2D eigenvalue weighted by atomic mass is 9.96. The molecule has 1 aliphatic heterocycles. The predicted molar refractivity (Wildman–Crippen MR) is 90.2 cm³/mol. The van der Waals surface area contributed by atoms with Gasteiger partial charge in [0.05, 0.1) is 0 Å². The third kappa shape index (κ3) is 7.51. The Hall–Kier alpha value is -2.20. The number of amides is 1. The van der Waals surface area contributed by atoms with E-state index >= 15 is 0 Å². The van der Waals surface area contributed by atoms with Crippen LogP contribution in [0.15, 0.2) is 0 Å². The SMILES string of the molecule is CCCO[C@@H]1OC(COC(C)=O)[C@H](OC(C)=O)C(OC(C)=O)[C@@H]1NC(C)=O. The van der Waals surface area contributed by atoms with E-state index in [1.165, 1.54) is 27.7 Å². The van der Waals surface area contributed by atoms with E-state index in [0.717, 1.165) is 0 Å². The first-order valence-electron chi connectivity index (χ1n) is 8.67. The highest BCUT2D eigenvalue weighted by molar-refractivity contribution is 5.73. The highest BCUT2D eigenvalue weighted by Crippen LogP contribution is 2.28. The summed E-state index contributed by atoms with van der Waals surface area (Å²) in [5.41, 5.74) is 0. The molecule has 154 valence electrons.